The SMILES string of the molecule is CNC1CCN(CCC(C)O)c2ccccc21. The fourth-order valence-electron chi connectivity index (χ4n) is 2.51. The second-order valence-electron chi connectivity index (χ2n) is 4.81. The van der Waals surface area contributed by atoms with Gasteiger partial charge in [-0.15, -0.1) is 0 Å². The molecule has 3 nitrogen and oxygen atoms in total. The maximum atomic E-state index is 9.39. The Morgan fingerprint density at radius 2 is 2.24 bits per heavy atom. The van der Waals surface area contributed by atoms with Crippen LogP contribution in [0.1, 0.15) is 31.4 Å². The van der Waals surface area contributed by atoms with Crippen LogP contribution in [0.4, 0.5) is 5.69 Å². The lowest BCUT2D eigenvalue weighted by Crippen LogP contribution is -2.36. The smallest absolute Gasteiger partial charge is 0.0528 e. The molecule has 2 rings (SSSR count). The Morgan fingerprint density at radius 1 is 1.47 bits per heavy atom. The highest BCUT2D eigenvalue weighted by Crippen LogP contribution is 2.33. The molecule has 94 valence electrons. The molecule has 0 amide bonds. The van der Waals surface area contributed by atoms with Crippen LogP contribution < -0.4 is 10.2 Å². The largest absolute Gasteiger partial charge is 0.393 e. The van der Waals surface area contributed by atoms with Gasteiger partial charge in [-0.3, -0.25) is 0 Å². The summed E-state index contributed by atoms with van der Waals surface area (Å²) in [5.41, 5.74) is 2.70. The van der Waals surface area contributed by atoms with E-state index in [4.69, 9.17) is 0 Å². The number of fused-ring (bicyclic) bond motifs is 1. The summed E-state index contributed by atoms with van der Waals surface area (Å²) in [7, 11) is 2.02. The van der Waals surface area contributed by atoms with Crippen LogP contribution in [0, 0.1) is 0 Å². The Hall–Kier alpha value is -1.06. The first-order valence-corrected chi connectivity index (χ1v) is 6.41. The standard InChI is InChI=1S/C14H22N2O/c1-11(17)7-9-16-10-8-13(15-2)12-5-3-4-6-14(12)16/h3-6,11,13,15,17H,7-10H2,1-2H3. The quantitative estimate of drug-likeness (QED) is 0.835. The molecule has 0 spiro atoms. The third-order valence-electron chi connectivity index (χ3n) is 3.51. The Labute approximate surface area is 103 Å². The number of aliphatic hydroxyl groups is 1. The van der Waals surface area contributed by atoms with Crippen LogP contribution in [0.2, 0.25) is 0 Å². The molecule has 1 aromatic carbocycles. The van der Waals surface area contributed by atoms with Gasteiger partial charge in [-0.1, -0.05) is 18.2 Å². The van der Waals surface area contributed by atoms with Gasteiger partial charge in [-0.05, 0) is 38.4 Å². The minimum absolute atomic E-state index is 0.218. The maximum Gasteiger partial charge on any atom is 0.0528 e. The van der Waals surface area contributed by atoms with E-state index in [9.17, 15) is 5.11 Å². The van der Waals surface area contributed by atoms with Crippen molar-refractivity contribution in [2.24, 2.45) is 0 Å². The summed E-state index contributed by atoms with van der Waals surface area (Å²) in [5, 5.41) is 12.8. The van der Waals surface area contributed by atoms with Gasteiger partial charge in [0, 0.05) is 24.8 Å². The summed E-state index contributed by atoms with van der Waals surface area (Å²) in [5.74, 6) is 0. The van der Waals surface area contributed by atoms with E-state index in [1.165, 1.54) is 11.3 Å². The summed E-state index contributed by atoms with van der Waals surface area (Å²) in [6.45, 7) is 3.85. The number of para-hydroxylation sites is 1. The van der Waals surface area contributed by atoms with E-state index in [0.29, 0.717) is 6.04 Å². The number of rotatable bonds is 4. The predicted octanol–water partition coefficient (Wildman–Crippen LogP) is 1.93. The molecule has 0 bridgehead atoms. The highest BCUT2D eigenvalue weighted by Gasteiger charge is 2.23. The van der Waals surface area contributed by atoms with Crippen LogP contribution in [0.25, 0.3) is 0 Å². The lowest BCUT2D eigenvalue weighted by molar-refractivity contribution is 0.186. The van der Waals surface area contributed by atoms with Gasteiger partial charge in [-0.25, -0.2) is 0 Å². The minimum atomic E-state index is -0.218. The number of hydrogen-bond acceptors (Lipinski definition) is 3. The minimum Gasteiger partial charge on any atom is -0.393 e. The second-order valence-corrected chi connectivity index (χ2v) is 4.81. The van der Waals surface area contributed by atoms with Crippen molar-refractivity contribution in [3.05, 3.63) is 29.8 Å². The highest BCUT2D eigenvalue weighted by atomic mass is 16.3. The molecule has 0 aromatic heterocycles. The molecule has 0 fully saturated rings. The number of nitrogens with one attached hydrogen (secondary N) is 1. The van der Waals surface area contributed by atoms with Gasteiger partial charge in [0.15, 0.2) is 0 Å². The van der Waals surface area contributed by atoms with Crippen molar-refractivity contribution in [1.29, 1.82) is 0 Å². The Bertz CT molecular complexity index is 365. The van der Waals surface area contributed by atoms with Crippen molar-refractivity contribution in [2.75, 3.05) is 25.0 Å². The van der Waals surface area contributed by atoms with E-state index in [-0.39, 0.29) is 6.10 Å². The number of hydrogen-bond donors (Lipinski definition) is 2. The summed E-state index contributed by atoms with van der Waals surface area (Å²) < 4.78 is 0. The molecule has 0 saturated heterocycles. The lowest BCUT2D eigenvalue weighted by atomic mass is 9.96. The Morgan fingerprint density at radius 3 is 2.94 bits per heavy atom. The van der Waals surface area contributed by atoms with Gasteiger partial charge in [0.05, 0.1) is 6.10 Å². The van der Waals surface area contributed by atoms with Crippen molar-refractivity contribution in [3.8, 4) is 0 Å². The number of aliphatic hydroxyl groups excluding tert-OH is 1. The van der Waals surface area contributed by atoms with Crippen LogP contribution in [0.5, 0.6) is 0 Å². The molecule has 0 aliphatic carbocycles. The normalized spacial score (nSPS) is 21.1. The molecular weight excluding hydrogens is 212 g/mol. The van der Waals surface area contributed by atoms with Gasteiger partial charge in [-0.2, -0.15) is 0 Å². The summed E-state index contributed by atoms with van der Waals surface area (Å²) in [6.07, 6.45) is 1.75. The fraction of sp³-hybridized carbons (Fsp3) is 0.571. The van der Waals surface area contributed by atoms with Gasteiger partial charge in [0.25, 0.3) is 0 Å². The molecule has 2 unspecified atom stereocenters. The Kier molecular flexibility index (Phi) is 4.02. The number of anilines is 1. The van der Waals surface area contributed by atoms with E-state index in [2.05, 4.69) is 34.5 Å². The van der Waals surface area contributed by atoms with Crippen molar-refractivity contribution in [2.45, 2.75) is 31.9 Å². The Balaban J connectivity index is 2.16. The summed E-state index contributed by atoms with van der Waals surface area (Å²) in [6, 6.07) is 9.04. The van der Waals surface area contributed by atoms with Gasteiger partial charge >= 0.3 is 0 Å². The fourth-order valence-corrected chi connectivity index (χ4v) is 2.51. The molecule has 17 heavy (non-hydrogen) atoms. The molecule has 1 aromatic rings. The number of nitrogens with zero attached hydrogens (tertiary/aromatic N) is 1. The molecule has 2 N–H and O–H groups in total. The van der Waals surface area contributed by atoms with E-state index in [1.807, 2.05) is 14.0 Å². The van der Waals surface area contributed by atoms with Crippen LogP contribution in [-0.4, -0.2) is 31.3 Å². The molecule has 1 aliphatic heterocycles. The topological polar surface area (TPSA) is 35.5 Å². The first kappa shape index (κ1) is 12.4. The van der Waals surface area contributed by atoms with E-state index >= 15 is 0 Å². The highest BCUT2D eigenvalue weighted by molar-refractivity contribution is 5.56. The van der Waals surface area contributed by atoms with Crippen LogP contribution in [0.15, 0.2) is 24.3 Å². The zero-order valence-corrected chi connectivity index (χ0v) is 10.7. The molecule has 2 atom stereocenters. The number of benzene rings is 1. The zero-order valence-electron chi connectivity index (χ0n) is 10.7. The average Bonchev–Trinajstić information content (AvgIpc) is 2.35. The zero-order chi connectivity index (χ0) is 12.3. The first-order valence-electron chi connectivity index (χ1n) is 6.41. The van der Waals surface area contributed by atoms with Crippen molar-refractivity contribution >= 4 is 5.69 Å². The maximum absolute atomic E-state index is 9.39. The van der Waals surface area contributed by atoms with Crippen molar-refractivity contribution in [3.63, 3.8) is 0 Å². The van der Waals surface area contributed by atoms with Crippen LogP contribution in [-0.2, 0) is 0 Å². The average molecular weight is 234 g/mol. The van der Waals surface area contributed by atoms with E-state index in [0.717, 1.165) is 25.9 Å². The first-order chi connectivity index (χ1) is 8.22. The van der Waals surface area contributed by atoms with Gasteiger partial charge < -0.3 is 15.3 Å². The van der Waals surface area contributed by atoms with E-state index in [1.54, 1.807) is 0 Å². The third-order valence-corrected chi connectivity index (χ3v) is 3.51. The predicted molar refractivity (Wildman–Crippen MR) is 71.4 cm³/mol. The lowest BCUT2D eigenvalue weighted by Gasteiger charge is -2.36. The van der Waals surface area contributed by atoms with Crippen LogP contribution >= 0.6 is 0 Å². The molecule has 1 aliphatic rings. The third kappa shape index (κ3) is 2.79. The summed E-state index contributed by atoms with van der Waals surface area (Å²) >= 11 is 0. The monoisotopic (exact) mass is 234 g/mol. The second kappa shape index (κ2) is 5.52. The van der Waals surface area contributed by atoms with Crippen LogP contribution in [0.3, 0.4) is 0 Å². The van der Waals surface area contributed by atoms with Crippen molar-refractivity contribution in [1.82, 2.24) is 5.32 Å². The molecule has 1 heterocycles. The van der Waals surface area contributed by atoms with E-state index < -0.39 is 0 Å². The summed E-state index contributed by atoms with van der Waals surface area (Å²) in [4.78, 5) is 2.38. The van der Waals surface area contributed by atoms with Gasteiger partial charge in [0.2, 0.25) is 0 Å². The molecule has 0 saturated carbocycles. The molecule has 3 heteroatoms. The molecule has 0 radical (unpaired) electrons. The van der Waals surface area contributed by atoms with Gasteiger partial charge in [0.1, 0.15) is 0 Å². The van der Waals surface area contributed by atoms with Crippen molar-refractivity contribution < 1.29 is 5.11 Å². The molecular formula is C14H22N2O.